The van der Waals surface area contributed by atoms with E-state index in [1.807, 2.05) is 6.07 Å². The lowest BCUT2D eigenvalue weighted by Gasteiger charge is -2.12. The molecule has 1 heterocycles. The molecule has 0 aliphatic heterocycles. The molecule has 1 aromatic carbocycles. The number of rotatable bonds is 5. The molecular weight excluding hydrogens is 270 g/mol. The molecular formula is C15H17N3O3. The summed E-state index contributed by atoms with van der Waals surface area (Å²) in [6.07, 6.45) is 1.60. The van der Waals surface area contributed by atoms with Crippen LogP contribution in [0, 0.1) is 0 Å². The van der Waals surface area contributed by atoms with Crippen molar-refractivity contribution in [3.8, 4) is 5.75 Å². The van der Waals surface area contributed by atoms with Crippen LogP contribution in [0.5, 0.6) is 5.75 Å². The first kappa shape index (κ1) is 14.6. The lowest BCUT2D eigenvalue weighted by molar-refractivity contribution is 0.0601. The average Bonchev–Trinajstić information content (AvgIpc) is 2.52. The van der Waals surface area contributed by atoms with Gasteiger partial charge in [0.1, 0.15) is 17.1 Å². The van der Waals surface area contributed by atoms with Crippen molar-refractivity contribution in [2.75, 3.05) is 25.3 Å². The van der Waals surface area contributed by atoms with Gasteiger partial charge in [-0.2, -0.15) is 0 Å². The Kier molecular flexibility index (Phi) is 4.61. The number of hydrogen-bond acceptors (Lipinski definition) is 6. The van der Waals surface area contributed by atoms with Gasteiger partial charge in [-0.3, -0.25) is 0 Å². The third-order valence-corrected chi connectivity index (χ3v) is 2.96. The maximum absolute atomic E-state index is 11.7. The summed E-state index contributed by atoms with van der Waals surface area (Å²) in [6.45, 7) is 0.426. The van der Waals surface area contributed by atoms with E-state index in [0.29, 0.717) is 29.4 Å². The zero-order chi connectivity index (χ0) is 15.2. The number of carbonyl (C=O) groups is 1. The van der Waals surface area contributed by atoms with Gasteiger partial charge in [0.15, 0.2) is 0 Å². The molecule has 21 heavy (non-hydrogen) atoms. The van der Waals surface area contributed by atoms with Gasteiger partial charge in [0.2, 0.25) is 0 Å². The number of benzene rings is 1. The van der Waals surface area contributed by atoms with Crippen LogP contribution in [-0.4, -0.2) is 25.2 Å². The number of esters is 1. The number of nitrogen functional groups attached to an aromatic ring is 1. The Hall–Kier alpha value is -2.76. The van der Waals surface area contributed by atoms with E-state index >= 15 is 0 Å². The first-order chi connectivity index (χ1) is 10.2. The van der Waals surface area contributed by atoms with Crippen molar-refractivity contribution in [2.45, 2.75) is 6.54 Å². The molecule has 0 aliphatic rings. The summed E-state index contributed by atoms with van der Waals surface area (Å²) in [6, 6.07) is 8.71. The zero-order valence-corrected chi connectivity index (χ0v) is 11.9. The molecule has 0 aliphatic carbocycles. The van der Waals surface area contributed by atoms with Crippen LogP contribution in [0.3, 0.4) is 0 Å². The summed E-state index contributed by atoms with van der Waals surface area (Å²) in [4.78, 5) is 15.8. The van der Waals surface area contributed by atoms with Crippen LogP contribution in [0.4, 0.5) is 11.5 Å². The highest BCUT2D eigenvalue weighted by molar-refractivity contribution is 5.94. The standard InChI is InChI=1S/C15H17N3O3/c1-20-13-6-5-11(16)8-10(13)9-18-14-12(15(19)21-2)4-3-7-17-14/h3-8H,9,16H2,1-2H3,(H,17,18). The van der Waals surface area contributed by atoms with Crippen LogP contribution in [0.1, 0.15) is 15.9 Å². The Morgan fingerprint density at radius 1 is 1.33 bits per heavy atom. The number of ether oxygens (including phenoxy) is 2. The topological polar surface area (TPSA) is 86.5 Å². The number of nitrogens with two attached hydrogens (primary N) is 1. The summed E-state index contributed by atoms with van der Waals surface area (Å²) in [7, 11) is 2.93. The molecule has 1 aromatic heterocycles. The smallest absolute Gasteiger partial charge is 0.341 e. The van der Waals surface area contributed by atoms with Gasteiger partial charge >= 0.3 is 5.97 Å². The first-order valence-corrected chi connectivity index (χ1v) is 6.35. The van der Waals surface area contributed by atoms with E-state index in [2.05, 4.69) is 10.3 Å². The highest BCUT2D eigenvalue weighted by Crippen LogP contribution is 2.22. The SMILES string of the molecule is COC(=O)c1cccnc1NCc1cc(N)ccc1OC. The first-order valence-electron chi connectivity index (χ1n) is 6.35. The summed E-state index contributed by atoms with van der Waals surface area (Å²) < 4.78 is 10.0. The van der Waals surface area contributed by atoms with E-state index in [0.717, 1.165) is 5.56 Å². The second-order valence-electron chi connectivity index (χ2n) is 4.32. The largest absolute Gasteiger partial charge is 0.496 e. The molecule has 0 unspecified atom stereocenters. The van der Waals surface area contributed by atoms with Crippen molar-refractivity contribution < 1.29 is 14.3 Å². The van der Waals surface area contributed by atoms with Gasteiger partial charge in [0, 0.05) is 24.0 Å². The summed E-state index contributed by atoms with van der Waals surface area (Å²) in [5.41, 5.74) is 7.67. The van der Waals surface area contributed by atoms with Crippen LogP contribution in [-0.2, 0) is 11.3 Å². The monoisotopic (exact) mass is 287 g/mol. The van der Waals surface area contributed by atoms with E-state index in [1.165, 1.54) is 7.11 Å². The second-order valence-corrected chi connectivity index (χ2v) is 4.32. The van der Waals surface area contributed by atoms with Crippen LogP contribution >= 0.6 is 0 Å². The molecule has 0 radical (unpaired) electrons. The Bertz CT molecular complexity index is 644. The predicted octanol–water partition coefficient (Wildman–Crippen LogP) is 2.07. The highest BCUT2D eigenvalue weighted by atomic mass is 16.5. The molecule has 0 fully saturated rings. The zero-order valence-electron chi connectivity index (χ0n) is 11.9. The molecule has 0 atom stereocenters. The van der Waals surface area contributed by atoms with E-state index in [1.54, 1.807) is 37.6 Å². The Labute approximate surface area is 122 Å². The second kappa shape index (κ2) is 6.60. The average molecular weight is 287 g/mol. The van der Waals surface area contributed by atoms with Crippen molar-refractivity contribution >= 4 is 17.5 Å². The van der Waals surface area contributed by atoms with Gasteiger partial charge in [0.25, 0.3) is 0 Å². The predicted molar refractivity (Wildman–Crippen MR) is 80.3 cm³/mol. The number of carbonyl (C=O) groups excluding carboxylic acids is 1. The number of aromatic nitrogens is 1. The number of nitrogens with one attached hydrogen (secondary N) is 1. The van der Waals surface area contributed by atoms with Crippen molar-refractivity contribution in [1.82, 2.24) is 4.98 Å². The third-order valence-electron chi connectivity index (χ3n) is 2.96. The van der Waals surface area contributed by atoms with E-state index < -0.39 is 5.97 Å². The third kappa shape index (κ3) is 3.42. The Morgan fingerprint density at radius 3 is 2.86 bits per heavy atom. The molecule has 110 valence electrons. The fourth-order valence-electron chi connectivity index (χ4n) is 1.94. The minimum Gasteiger partial charge on any atom is -0.496 e. The fraction of sp³-hybridized carbons (Fsp3) is 0.200. The fourth-order valence-corrected chi connectivity index (χ4v) is 1.94. The van der Waals surface area contributed by atoms with Gasteiger partial charge in [-0.1, -0.05) is 0 Å². The van der Waals surface area contributed by atoms with E-state index in [4.69, 9.17) is 15.2 Å². The molecule has 3 N–H and O–H groups in total. The summed E-state index contributed by atoms with van der Waals surface area (Å²) in [5.74, 6) is 0.728. The molecule has 0 bridgehead atoms. The van der Waals surface area contributed by atoms with Crippen LogP contribution in [0.2, 0.25) is 0 Å². The molecule has 6 nitrogen and oxygen atoms in total. The molecule has 2 rings (SSSR count). The van der Waals surface area contributed by atoms with Gasteiger partial charge in [-0.05, 0) is 30.3 Å². The van der Waals surface area contributed by atoms with Gasteiger partial charge in [-0.25, -0.2) is 9.78 Å². The van der Waals surface area contributed by atoms with Crippen LogP contribution in [0.25, 0.3) is 0 Å². The minimum absolute atomic E-state index is 0.378. The van der Waals surface area contributed by atoms with Crippen molar-refractivity contribution in [3.05, 3.63) is 47.7 Å². The molecule has 0 saturated carbocycles. The van der Waals surface area contributed by atoms with Gasteiger partial charge in [-0.15, -0.1) is 0 Å². The van der Waals surface area contributed by atoms with Gasteiger partial charge in [0.05, 0.1) is 14.2 Å². The molecule has 0 amide bonds. The summed E-state index contributed by atoms with van der Waals surface area (Å²) >= 11 is 0. The lowest BCUT2D eigenvalue weighted by atomic mass is 10.1. The van der Waals surface area contributed by atoms with Gasteiger partial charge < -0.3 is 20.5 Å². The number of methoxy groups -OCH3 is 2. The van der Waals surface area contributed by atoms with Crippen molar-refractivity contribution in [2.24, 2.45) is 0 Å². The van der Waals surface area contributed by atoms with Crippen LogP contribution < -0.4 is 15.8 Å². The number of anilines is 2. The lowest BCUT2D eigenvalue weighted by Crippen LogP contribution is -2.10. The molecule has 6 heteroatoms. The maximum atomic E-state index is 11.7. The van der Waals surface area contributed by atoms with Crippen molar-refractivity contribution in [3.63, 3.8) is 0 Å². The molecule has 0 spiro atoms. The van der Waals surface area contributed by atoms with Crippen LogP contribution in [0.15, 0.2) is 36.5 Å². The highest BCUT2D eigenvalue weighted by Gasteiger charge is 2.12. The Balaban J connectivity index is 2.21. The normalized spacial score (nSPS) is 10.0. The molecule has 2 aromatic rings. The summed E-state index contributed by atoms with van der Waals surface area (Å²) in [5, 5.41) is 3.10. The molecule has 0 saturated heterocycles. The van der Waals surface area contributed by atoms with E-state index in [9.17, 15) is 4.79 Å². The minimum atomic E-state index is -0.440. The Morgan fingerprint density at radius 2 is 2.14 bits per heavy atom. The maximum Gasteiger partial charge on any atom is 0.341 e. The van der Waals surface area contributed by atoms with E-state index in [-0.39, 0.29) is 0 Å². The number of nitrogens with zero attached hydrogens (tertiary/aromatic N) is 1. The van der Waals surface area contributed by atoms with Crippen molar-refractivity contribution in [1.29, 1.82) is 0 Å². The number of hydrogen-bond donors (Lipinski definition) is 2. The quantitative estimate of drug-likeness (QED) is 0.646. The number of pyridine rings is 1.